The number of pyridine rings is 1. The Balaban J connectivity index is 2.07. The number of halogens is 2. The molecule has 21 heavy (non-hydrogen) atoms. The fourth-order valence-electron chi connectivity index (χ4n) is 1.74. The van der Waals surface area contributed by atoms with Crippen LogP contribution in [0.15, 0.2) is 36.5 Å². The summed E-state index contributed by atoms with van der Waals surface area (Å²) in [6.07, 6.45) is 2.56. The molecule has 1 amide bonds. The van der Waals surface area contributed by atoms with Gasteiger partial charge in [-0.3, -0.25) is 4.79 Å². The molecule has 6 heteroatoms. The van der Waals surface area contributed by atoms with Crippen molar-refractivity contribution in [3.8, 4) is 0 Å². The minimum atomic E-state index is -0.685. The number of aromatic nitrogens is 1. The zero-order valence-corrected chi connectivity index (χ0v) is 11.5. The minimum Gasteiger partial charge on any atom is -0.349 e. The van der Waals surface area contributed by atoms with Crippen LogP contribution in [0.3, 0.4) is 0 Å². The first kappa shape index (κ1) is 14.9. The monoisotopic (exact) mass is 291 g/mol. The third-order valence-corrected chi connectivity index (χ3v) is 2.74. The first-order valence-corrected chi connectivity index (χ1v) is 6.57. The Morgan fingerprint density at radius 3 is 2.48 bits per heavy atom. The molecule has 0 bridgehead atoms. The van der Waals surface area contributed by atoms with Gasteiger partial charge in [-0.05, 0) is 30.7 Å². The predicted octanol–water partition coefficient (Wildman–Crippen LogP) is 3.84. The number of para-hydroxylation sites is 1. The lowest BCUT2D eigenvalue weighted by atomic mass is 10.2. The van der Waals surface area contributed by atoms with Gasteiger partial charge in [0.2, 0.25) is 5.91 Å². The molecule has 0 atom stereocenters. The number of amides is 1. The second-order valence-corrected chi connectivity index (χ2v) is 4.45. The van der Waals surface area contributed by atoms with Gasteiger partial charge >= 0.3 is 0 Å². The normalized spacial score (nSPS) is 10.2. The summed E-state index contributed by atoms with van der Waals surface area (Å²) in [5, 5.41) is 5.25. The molecule has 2 rings (SSSR count). The smallest absolute Gasteiger partial charge is 0.225 e. The van der Waals surface area contributed by atoms with E-state index in [9.17, 15) is 13.6 Å². The van der Waals surface area contributed by atoms with Crippen molar-refractivity contribution in [3.05, 3.63) is 48.2 Å². The van der Waals surface area contributed by atoms with Gasteiger partial charge in [0.25, 0.3) is 0 Å². The first-order valence-electron chi connectivity index (χ1n) is 6.57. The van der Waals surface area contributed by atoms with Crippen molar-refractivity contribution in [2.24, 2.45) is 0 Å². The zero-order valence-electron chi connectivity index (χ0n) is 11.5. The fourth-order valence-corrected chi connectivity index (χ4v) is 1.74. The highest BCUT2D eigenvalue weighted by Crippen LogP contribution is 2.23. The number of nitrogens with one attached hydrogen (secondary N) is 2. The summed E-state index contributed by atoms with van der Waals surface area (Å²) in [5.74, 6) is -1.09. The van der Waals surface area contributed by atoms with E-state index in [1.807, 2.05) is 6.92 Å². The molecule has 0 fully saturated rings. The third kappa shape index (κ3) is 3.98. The summed E-state index contributed by atoms with van der Waals surface area (Å²) >= 11 is 0. The Kier molecular flexibility index (Phi) is 4.81. The van der Waals surface area contributed by atoms with E-state index < -0.39 is 11.6 Å². The molecule has 2 N–H and O–H groups in total. The van der Waals surface area contributed by atoms with Crippen molar-refractivity contribution in [3.63, 3.8) is 0 Å². The summed E-state index contributed by atoms with van der Waals surface area (Å²) in [6.45, 7) is 1.91. The molecule has 0 saturated carbocycles. The van der Waals surface area contributed by atoms with Crippen LogP contribution in [0, 0.1) is 11.6 Å². The number of carbonyl (C=O) groups is 1. The molecule has 0 aliphatic carbocycles. The van der Waals surface area contributed by atoms with E-state index in [1.165, 1.54) is 12.3 Å². The standard InChI is InChI=1S/C15H15F2N3O/c1-2-4-14(21)20-13-8-7-10(9-18-13)19-15-11(16)5-3-6-12(15)17/h3,5-9,19H,2,4H2,1H3,(H,18,20,21). The van der Waals surface area contributed by atoms with Crippen molar-refractivity contribution < 1.29 is 13.6 Å². The average molecular weight is 291 g/mol. The molecule has 1 heterocycles. The summed E-state index contributed by atoms with van der Waals surface area (Å²) in [4.78, 5) is 15.4. The molecule has 0 spiro atoms. The largest absolute Gasteiger partial charge is 0.349 e. The molecule has 1 aromatic heterocycles. The highest BCUT2D eigenvalue weighted by molar-refractivity contribution is 5.89. The Labute approximate surface area is 121 Å². The molecule has 110 valence electrons. The second kappa shape index (κ2) is 6.78. The first-order chi connectivity index (χ1) is 10.1. The maximum absolute atomic E-state index is 13.5. The fraction of sp³-hybridized carbons (Fsp3) is 0.200. The van der Waals surface area contributed by atoms with Crippen LogP contribution in [0.1, 0.15) is 19.8 Å². The number of anilines is 3. The Hall–Kier alpha value is -2.50. The molecule has 0 aliphatic rings. The number of nitrogens with zero attached hydrogens (tertiary/aromatic N) is 1. The Morgan fingerprint density at radius 2 is 1.90 bits per heavy atom. The van der Waals surface area contributed by atoms with Crippen LogP contribution in [0.25, 0.3) is 0 Å². The van der Waals surface area contributed by atoms with Crippen LogP contribution in [0.2, 0.25) is 0 Å². The van der Waals surface area contributed by atoms with E-state index in [2.05, 4.69) is 15.6 Å². The molecule has 0 aliphatic heterocycles. The van der Waals surface area contributed by atoms with Crippen molar-refractivity contribution in [1.82, 2.24) is 4.98 Å². The highest BCUT2D eigenvalue weighted by atomic mass is 19.1. The van der Waals surface area contributed by atoms with E-state index in [1.54, 1.807) is 12.1 Å². The molecule has 1 aromatic carbocycles. The van der Waals surface area contributed by atoms with Crippen LogP contribution < -0.4 is 10.6 Å². The summed E-state index contributed by atoms with van der Waals surface area (Å²) in [5.41, 5.74) is 0.189. The number of carbonyl (C=O) groups excluding carboxylic acids is 1. The van der Waals surface area contributed by atoms with Gasteiger partial charge in [-0.2, -0.15) is 0 Å². The molecule has 0 unspecified atom stereocenters. The number of benzene rings is 1. The van der Waals surface area contributed by atoms with Crippen LogP contribution in [-0.2, 0) is 4.79 Å². The predicted molar refractivity (Wildman–Crippen MR) is 77.4 cm³/mol. The third-order valence-electron chi connectivity index (χ3n) is 2.74. The molecule has 0 radical (unpaired) electrons. The Morgan fingerprint density at radius 1 is 1.19 bits per heavy atom. The van der Waals surface area contributed by atoms with E-state index in [0.29, 0.717) is 17.9 Å². The summed E-state index contributed by atoms with van der Waals surface area (Å²) in [6, 6.07) is 6.77. The lowest BCUT2D eigenvalue weighted by molar-refractivity contribution is -0.116. The van der Waals surface area contributed by atoms with Gasteiger partial charge in [0.1, 0.15) is 23.1 Å². The van der Waals surface area contributed by atoms with Crippen molar-refractivity contribution >= 4 is 23.1 Å². The highest BCUT2D eigenvalue weighted by Gasteiger charge is 2.08. The van der Waals surface area contributed by atoms with Gasteiger partial charge in [-0.25, -0.2) is 13.8 Å². The SMILES string of the molecule is CCCC(=O)Nc1ccc(Nc2c(F)cccc2F)cn1. The van der Waals surface area contributed by atoms with Gasteiger partial charge < -0.3 is 10.6 Å². The molecule has 0 saturated heterocycles. The van der Waals surface area contributed by atoms with E-state index >= 15 is 0 Å². The van der Waals surface area contributed by atoms with Crippen LogP contribution >= 0.6 is 0 Å². The maximum atomic E-state index is 13.5. The average Bonchev–Trinajstić information content (AvgIpc) is 2.45. The van der Waals surface area contributed by atoms with Gasteiger partial charge in [-0.15, -0.1) is 0 Å². The topological polar surface area (TPSA) is 54.0 Å². The lowest BCUT2D eigenvalue weighted by Crippen LogP contribution is -2.11. The van der Waals surface area contributed by atoms with Crippen LogP contribution in [0.4, 0.5) is 26.0 Å². The molecule has 4 nitrogen and oxygen atoms in total. The number of rotatable bonds is 5. The molecule has 2 aromatic rings. The van der Waals surface area contributed by atoms with Crippen molar-refractivity contribution in [1.29, 1.82) is 0 Å². The van der Waals surface area contributed by atoms with E-state index in [-0.39, 0.29) is 11.6 Å². The second-order valence-electron chi connectivity index (χ2n) is 4.45. The van der Waals surface area contributed by atoms with Crippen LogP contribution in [0.5, 0.6) is 0 Å². The quantitative estimate of drug-likeness (QED) is 0.880. The summed E-state index contributed by atoms with van der Waals surface area (Å²) in [7, 11) is 0. The van der Waals surface area contributed by atoms with Crippen molar-refractivity contribution in [2.75, 3.05) is 10.6 Å². The van der Waals surface area contributed by atoms with Gasteiger partial charge in [0.15, 0.2) is 0 Å². The summed E-state index contributed by atoms with van der Waals surface area (Å²) < 4.78 is 27.0. The van der Waals surface area contributed by atoms with Gasteiger partial charge in [0.05, 0.1) is 11.9 Å². The lowest BCUT2D eigenvalue weighted by Gasteiger charge is -2.09. The van der Waals surface area contributed by atoms with Gasteiger partial charge in [0, 0.05) is 6.42 Å². The number of hydrogen-bond acceptors (Lipinski definition) is 3. The minimum absolute atomic E-state index is 0.120. The van der Waals surface area contributed by atoms with Crippen molar-refractivity contribution in [2.45, 2.75) is 19.8 Å². The van der Waals surface area contributed by atoms with E-state index in [4.69, 9.17) is 0 Å². The molecular weight excluding hydrogens is 276 g/mol. The zero-order chi connectivity index (χ0) is 15.2. The maximum Gasteiger partial charge on any atom is 0.225 e. The Bertz CT molecular complexity index is 609. The van der Waals surface area contributed by atoms with E-state index in [0.717, 1.165) is 18.6 Å². The van der Waals surface area contributed by atoms with Crippen LogP contribution in [-0.4, -0.2) is 10.9 Å². The van der Waals surface area contributed by atoms with Gasteiger partial charge in [-0.1, -0.05) is 13.0 Å². The number of hydrogen-bond donors (Lipinski definition) is 2. The molecular formula is C15H15F2N3O.